The maximum atomic E-state index is 5.57. The molecule has 0 aromatic carbocycles. The first kappa shape index (κ1) is 9.22. The van der Waals surface area contributed by atoms with Crippen molar-refractivity contribution < 1.29 is 0 Å². The molecule has 2 aliphatic carbocycles. The third-order valence-electron chi connectivity index (χ3n) is 3.63. The molecule has 0 heterocycles. The van der Waals surface area contributed by atoms with Crippen molar-refractivity contribution in [2.24, 2.45) is 23.6 Å². The summed E-state index contributed by atoms with van der Waals surface area (Å²) < 4.78 is 0. The Labute approximate surface area is 80.5 Å². The number of hydrogen-bond donors (Lipinski definition) is 2. The van der Waals surface area contributed by atoms with E-state index in [1.54, 1.807) is 0 Å². The maximum absolute atomic E-state index is 5.57. The van der Waals surface area contributed by atoms with Crippen LogP contribution in [0.3, 0.4) is 0 Å². The summed E-state index contributed by atoms with van der Waals surface area (Å²) in [6.07, 6.45) is 5.32. The quantitative estimate of drug-likeness (QED) is 0.393. The van der Waals surface area contributed by atoms with Crippen LogP contribution in [-0.2, 0) is 0 Å². The fraction of sp³-hybridized carbons (Fsp3) is 0.818. The fourth-order valence-corrected chi connectivity index (χ4v) is 2.83. The van der Waals surface area contributed by atoms with Crippen molar-refractivity contribution in [3.63, 3.8) is 0 Å². The summed E-state index contributed by atoms with van der Waals surface area (Å²) in [6.45, 7) is 6.03. The molecule has 3 atom stereocenters. The third-order valence-corrected chi connectivity index (χ3v) is 3.63. The molecule has 0 aliphatic heterocycles. The monoisotopic (exact) mass is 180 g/mol. The van der Waals surface area contributed by atoms with Gasteiger partial charge in [-0.3, -0.25) is 11.3 Å². The number of hydrazine groups is 1. The van der Waals surface area contributed by atoms with Gasteiger partial charge in [-0.25, -0.2) is 0 Å². The lowest BCUT2D eigenvalue weighted by Gasteiger charge is -2.23. The van der Waals surface area contributed by atoms with Gasteiger partial charge in [-0.05, 0) is 50.4 Å². The Balaban J connectivity index is 1.85. The second-order valence-electron chi connectivity index (χ2n) is 4.92. The molecular weight excluding hydrogens is 160 g/mol. The van der Waals surface area contributed by atoms with Crippen LogP contribution in [0.5, 0.6) is 0 Å². The van der Waals surface area contributed by atoms with E-state index in [0.29, 0.717) is 6.04 Å². The molecule has 3 N–H and O–H groups in total. The summed E-state index contributed by atoms with van der Waals surface area (Å²) in [5, 5.41) is 0. The molecule has 13 heavy (non-hydrogen) atoms. The minimum absolute atomic E-state index is 0.477. The lowest BCUT2D eigenvalue weighted by Crippen LogP contribution is -2.40. The number of nitrogens with one attached hydrogen (secondary N) is 1. The van der Waals surface area contributed by atoms with Crippen molar-refractivity contribution in [2.75, 3.05) is 0 Å². The van der Waals surface area contributed by atoms with E-state index in [9.17, 15) is 0 Å². The summed E-state index contributed by atoms with van der Waals surface area (Å²) >= 11 is 0. The summed E-state index contributed by atoms with van der Waals surface area (Å²) in [5.41, 5.74) is 4.19. The van der Waals surface area contributed by atoms with E-state index in [4.69, 9.17) is 5.84 Å². The molecule has 2 aliphatic rings. The molecule has 2 fully saturated rings. The highest BCUT2D eigenvalue weighted by molar-refractivity contribution is 5.02. The molecule has 0 spiro atoms. The van der Waals surface area contributed by atoms with Gasteiger partial charge in [0.2, 0.25) is 0 Å². The molecule has 0 aromatic heterocycles. The van der Waals surface area contributed by atoms with E-state index in [1.165, 1.54) is 24.8 Å². The topological polar surface area (TPSA) is 38.0 Å². The first-order chi connectivity index (χ1) is 6.20. The molecule has 0 bridgehead atoms. The molecule has 0 radical (unpaired) electrons. The van der Waals surface area contributed by atoms with E-state index in [0.717, 1.165) is 24.2 Å². The minimum Gasteiger partial charge on any atom is -0.271 e. The fourth-order valence-electron chi connectivity index (χ4n) is 2.83. The van der Waals surface area contributed by atoms with Gasteiger partial charge < -0.3 is 0 Å². The van der Waals surface area contributed by atoms with Gasteiger partial charge in [0.05, 0.1) is 0 Å². The van der Waals surface area contributed by atoms with Crippen LogP contribution in [-0.4, -0.2) is 6.04 Å². The first-order valence-corrected chi connectivity index (χ1v) is 5.31. The zero-order valence-electron chi connectivity index (χ0n) is 8.42. The average Bonchev–Trinajstić information content (AvgIpc) is 2.69. The Hall–Kier alpha value is -0.340. The normalized spacial score (nSPS) is 38.5. The summed E-state index contributed by atoms with van der Waals surface area (Å²) in [6, 6.07) is 0.477. The maximum Gasteiger partial charge on any atom is 0.0275 e. The van der Waals surface area contributed by atoms with Crippen LogP contribution in [0.1, 0.15) is 32.6 Å². The SMILES string of the molecule is C=C(C)CC(NN)C1CC2CC2C1. The second kappa shape index (κ2) is 3.43. The van der Waals surface area contributed by atoms with Crippen molar-refractivity contribution in [1.29, 1.82) is 0 Å². The zero-order chi connectivity index (χ0) is 9.42. The first-order valence-electron chi connectivity index (χ1n) is 5.31. The summed E-state index contributed by atoms with van der Waals surface area (Å²) in [5.74, 6) is 8.48. The lowest BCUT2D eigenvalue weighted by atomic mass is 9.91. The summed E-state index contributed by atoms with van der Waals surface area (Å²) in [7, 11) is 0. The predicted octanol–water partition coefficient (Wildman–Crippen LogP) is 1.83. The average molecular weight is 180 g/mol. The molecular formula is C11H20N2. The third kappa shape index (κ3) is 1.94. The van der Waals surface area contributed by atoms with E-state index in [1.807, 2.05) is 0 Å². The van der Waals surface area contributed by atoms with Crippen LogP contribution >= 0.6 is 0 Å². The molecule has 0 amide bonds. The molecule has 2 heteroatoms. The van der Waals surface area contributed by atoms with Crippen molar-refractivity contribution >= 4 is 0 Å². The molecule has 2 nitrogen and oxygen atoms in total. The summed E-state index contributed by atoms with van der Waals surface area (Å²) in [4.78, 5) is 0. The number of hydrogen-bond acceptors (Lipinski definition) is 2. The van der Waals surface area contributed by atoms with Crippen LogP contribution in [0.2, 0.25) is 0 Å². The Morgan fingerprint density at radius 1 is 1.46 bits per heavy atom. The molecule has 2 saturated carbocycles. The number of rotatable bonds is 4. The van der Waals surface area contributed by atoms with E-state index in [2.05, 4.69) is 18.9 Å². The van der Waals surface area contributed by atoms with Gasteiger partial charge in [-0.2, -0.15) is 0 Å². The second-order valence-corrected chi connectivity index (χ2v) is 4.92. The molecule has 0 saturated heterocycles. The largest absolute Gasteiger partial charge is 0.271 e. The highest BCUT2D eigenvalue weighted by Gasteiger charge is 2.47. The van der Waals surface area contributed by atoms with Gasteiger partial charge in [0.1, 0.15) is 0 Å². The Kier molecular flexibility index (Phi) is 2.43. The number of fused-ring (bicyclic) bond motifs is 1. The van der Waals surface area contributed by atoms with Gasteiger partial charge >= 0.3 is 0 Å². The van der Waals surface area contributed by atoms with Crippen LogP contribution in [0, 0.1) is 17.8 Å². The Morgan fingerprint density at radius 2 is 2.08 bits per heavy atom. The predicted molar refractivity (Wildman–Crippen MR) is 54.9 cm³/mol. The highest BCUT2D eigenvalue weighted by atomic mass is 15.2. The van der Waals surface area contributed by atoms with Gasteiger partial charge in [0, 0.05) is 6.04 Å². The standard InChI is InChI=1S/C11H20N2/c1-7(2)3-11(13-12)10-5-8-4-9(8)6-10/h8-11,13H,1,3-6,12H2,2H3. The van der Waals surface area contributed by atoms with Crippen molar-refractivity contribution in [2.45, 2.75) is 38.6 Å². The van der Waals surface area contributed by atoms with Crippen molar-refractivity contribution in [3.8, 4) is 0 Å². The molecule has 0 aromatic rings. The van der Waals surface area contributed by atoms with Crippen molar-refractivity contribution in [1.82, 2.24) is 5.43 Å². The van der Waals surface area contributed by atoms with E-state index < -0.39 is 0 Å². The van der Waals surface area contributed by atoms with Gasteiger partial charge in [-0.15, -0.1) is 6.58 Å². The minimum atomic E-state index is 0.477. The smallest absolute Gasteiger partial charge is 0.0275 e. The van der Waals surface area contributed by atoms with Crippen LogP contribution < -0.4 is 11.3 Å². The Bertz CT molecular complexity index is 202. The van der Waals surface area contributed by atoms with Crippen LogP contribution in [0.25, 0.3) is 0 Å². The van der Waals surface area contributed by atoms with Crippen LogP contribution in [0.4, 0.5) is 0 Å². The van der Waals surface area contributed by atoms with Crippen molar-refractivity contribution in [3.05, 3.63) is 12.2 Å². The molecule has 3 unspecified atom stereocenters. The van der Waals surface area contributed by atoms with Gasteiger partial charge in [0.15, 0.2) is 0 Å². The van der Waals surface area contributed by atoms with E-state index in [-0.39, 0.29) is 0 Å². The number of nitrogens with two attached hydrogens (primary N) is 1. The highest BCUT2D eigenvalue weighted by Crippen LogP contribution is 2.55. The Morgan fingerprint density at radius 3 is 2.54 bits per heavy atom. The van der Waals surface area contributed by atoms with E-state index >= 15 is 0 Å². The lowest BCUT2D eigenvalue weighted by molar-refractivity contribution is 0.335. The molecule has 74 valence electrons. The van der Waals surface area contributed by atoms with Crippen LogP contribution in [0.15, 0.2) is 12.2 Å². The van der Waals surface area contributed by atoms with Gasteiger partial charge in [-0.1, -0.05) is 5.57 Å². The van der Waals surface area contributed by atoms with Gasteiger partial charge in [0.25, 0.3) is 0 Å². The molecule has 2 rings (SSSR count). The zero-order valence-corrected chi connectivity index (χ0v) is 8.42.